The summed E-state index contributed by atoms with van der Waals surface area (Å²) in [4.78, 5) is 28.4. The lowest BCUT2D eigenvalue weighted by atomic mass is 10.1. The van der Waals surface area contributed by atoms with Crippen LogP contribution in [0.2, 0.25) is 0 Å². The Kier molecular flexibility index (Phi) is 4.18. The van der Waals surface area contributed by atoms with Gasteiger partial charge in [0.15, 0.2) is 11.5 Å². The summed E-state index contributed by atoms with van der Waals surface area (Å²) >= 11 is 0. The molecule has 0 aliphatic heterocycles. The first-order chi connectivity index (χ1) is 13.1. The third-order valence-electron chi connectivity index (χ3n) is 4.06. The molecule has 0 saturated carbocycles. The molecule has 0 fully saturated rings. The lowest BCUT2D eigenvalue weighted by molar-refractivity contribution is 0.0691. The molecule has 1 N–H and O–H groups in total. The van der Waals surface area contributed by atoms with Gasteiger partial charge in [-0.25, -0.2) is 19.7 Å². The molecular weight excluding hydrogens is 342 g/mol. The lowest BCUT2D eigenvalue weighted by Crippen LogP contribution is -2.01. The van der Waals surface area contributed by atoms with E-state index in [2.05, 4.69) is 19.9 Å². The highest BCUT2D eigenvalue weighted by Gasteiger charge is 2.13. The molecular formula is C20H15N5O2. The molecule has 0 aliphatic rings. The van der Waals surface area contributed by atoms with E-state index in [1.807, 2.05) is 43.3 Å². The van der Waals surface area contributed by atoms with Crippen LogP contribution < -0.4 is 0 Å². The van der Waals surface area contributed by atoms with Crippen molar-refractivity contribution in [1.29, 1.82) is 0 Å². The van der Waals surface area contributed by atoms with Crippen LogP contribution in [-0.4, -0.2) is 35.6 Å². The highest BCUT2D eigenvalue weighted by molar-refractivity contribution is 5.85. The van der Waals surface area contributed by atoms with Crippen molar-refractivity contribution >= 4 is 5.97 Å². The standard InChI is InChI=1S/C20H15N5O2/c1-13-2-4-15(5-3-13)19-23-16(14-6-8-21-9-7-14)10-18(24-19)25-11-17(20(26)27)22-12-25/h2-12H,1H3,(H,26,27). The molecule has 3 aromatic heterocycles. The predicted octanol–water partition coefficient (Wildman–Crippen LogP) is 3.40. The number of hydrogen-bond donors (Lipinski definition) is 1. The molecule has 0 radical (unpaired) electrons. The number of carboxylic acids is 1. The van der Waals surface area contributed by atoms with Crippen molar-refractivity contribution in [1.82, 2.24) is 24.5 Å². The fourth-order valence-corrected chi connectivity index (χ4v) is 2.63. The fourth-order valence-electron chi connectivity index (χ4n) is 2.63. The summed E-state index contributed by atoms with van der Waals surface area (Å²) in [6.07, 6.45) is 6.26. The third-order valence-corrected chi connectivity index (χ3v) is 4.06. The molecule has 0 bridgehead atoms. The minimum atomic E-state index is -1.09. The Morgan fingerprint density at radius 3 is 2.41 bits per heavy atom. The monoisotopic (exact) mass is 357 g/mol. The van der Waals surface area contributed by atoms with Crippen LogP contribution in [0.5, 0.6) is 0 Å². The van der Waals surface area contributed by atoms with Crippen LogP contribution >= 0.6 is 0 Å². The van der Waals surface area contributed by atoms with Crippen LogP contribution in [0.3, 0.4) is 0 Å². The molecule has 1 aromatic carbocycles. The maximum absolute atomic E-state index is 11.1. The molecule has 0 atom stereocenters. The van der Waals surface area contributed by atoms with Crippen molar-refractivity contribution in [2.24, 2.45) is 0 Å². The number of nitrogens with zero attached hydrogens (tertiary/aromatic N) is 5. The second kappa shape index (κ2) is 6.80. The normalized spacial score (nSPS) is 10.7. The van der Waals surface area contributed by atoms with Gasteiger partial charge in [-0.2, -0.15) is 0 Å². The molecule has 3 heterocycles. The van der Waals surface area contributed by atoms with Gasteiger partial charge in [0.1, 0.15) is 12.1 Å². The van der Waals surface area contributed by atoms with Gasteiger partial charge < -0.3 is 5.11 Å². The van der Waals surface area contributed by atoms with E-state index in [0.29, 0.717) is 17.3 Å². The minimum Gasteiger partial charge on any atom is -0.476 e. The second-order valence-corrected chi connectivity index (χ2v) is 6.01. The SMILES string of the molecule is Cc1ccc(-c2nc(-c3ccncc3)cc(-n3cnc(C(=O)O)c3)n2)cc1. The van der Waals surface area contributed by atoms with Crippen LogP contribution in [-0.2, 0) is 0 Å². The molecule has 4 aromatic rings. The van der Waals surface area contributed by atoms with Crippen molar-refractivity contribution in [3.8, 4) is 28.5 Å². The van der Waals surface area contributed by atoms with Gasteiger partial charge in [-0.05, 0) is 19.1 Å². The molecule has 4 rings (SSSR count). The molecule has 7 heteroatoms. The van der Waals surface area contributed by atoms with Crippen molar-refractivity contribution < 1.29 is 9.90 Å². The average Bonchev–Trinajstić information content (AvgIpc) is 3.20. The molecule has 132 valence electrons. The molecule has 0 saturated heterocycles. The Bertz CT molecular complexity index is 1100. The number of imidazole rings is 1. The molecule has 0 spiro atoms. The maximum Gasteiger partial charge on any atom is 0.356 e. The van der Waals surface area contributed by atoms with Gasteiger partial charge in [0, 0.05) is 35.8 Å². The summed E-state index contributed by atoms with van der Waals surface area (Å²) in [5, 5.41) is 9.12. The van der Waals surface area contributed by atoms with Gasteiger partial charge in [0.05, 0.1) is 5.69 Å². The van der Waals surface area contributed by atoms with E-state index >= 15 is 0 Å². The topological polar surface area (TPSA) is 93.8 Å². The Balaban J connectivity index is 1.88. The first kappa shape index (κ1) is 16.6. The smallest absolute Gasteiger partial charge is 0.356 e. The summed E-state index contributed by atoms with van der Waals surface area (Å²) in [6.45, 7) is 2.02. The molecule has 0 amide bonds. The van der Waals surface area contributed by atoms with Crippen LogP contribution in [0, 0.1) is 6.92 Å². The number of benzene rings is 1. The van der Waals surface area contributed by atoms with E-state index in [4.69, 9.17) is 5.11 Å². The number of aryl methyl sites for hydroxylation is 1. The van der Waals surface area contributed by atoms with E-state index in [9.17, 15) is 4.79 Å². The van der Waals surface area contributed by atoms with Crippen LogP contribution in [0.25, 0.3) is 28.5 Å². The summed E-state index contributed by atoms with van der Waals surface area (Å²) in [5.74, 6) is -0.00630. The number of aromatic carboxylic acids is 1. The van der Waals surface area contributed by atoms with Gasteiger partial charge in [0.25, 0.3) is 0 Å². The van der Waals surface area contributed by atoms with Crippen molar-refractivity contribution in [2.75, 3.05) is 0 Å². The number of rotatable bonds is 4. The van der Waals surface area contributed by atoms with E-state index in [1.54, 1.807) is 23.0 Å². The number of aromatic nitrogens is 5. The zero-order valence-electron chi connectivity index (χ0n) is 14.4. The summed E-state index contributed by atoms with van der Waals surface area (Å²) < 4.78 is 1.58. The summed E-state index contributed by atoms with van der Waals surface area (Å²) in [6, 6.07) is 13.4. The van der Waals surface area contributed by atoms with E-state index in [0.717, 1.165) is 16.7 Å². The molecule has 0 aliphatic carbocycles. The molecule has 7 nitrogen and oxygen atoms in total. The highest BCUT2D eigenvalue weighted by Crippen LogP contribution is 2.24. The number of carbonyl (C=O) groups is 1. The van der Waals surface area contributed by atoms with Crippen molar-refractivity contribution in [3.05, 3.63) is 78.6 Å². The number of carboxylic acid groups (broad SMARTS) is 1. The van der Waals surface area contributed by atoms with Crippen molar-refractivity contribution in [2.45, 2.75) is 6.92 Å². The fraction of sp³-hybridized carbons (Fsp3) is 0.0500. The van der Waals surface area contributed by atoms with Crippen LogP contribution in [0.15, 0.2) is 67.4 Å². The largest absolute Gasteiger partial charge is 0.476 e. The van der Waals surface area contributed by atoms with E-state index in [-0.39, 0.29) is 5.69 Å². The Hall–Kier alpha value is -3.87. The first-order valence-electron chi connectivity index (χ1n) is 8.24. The Morgan fingerprint density at radius 1 is 1.00 bits per heavy atom. The highest BCUT2D eigenvalue weighted by atomic mass is 16.4. The van der Waals surface area contributed by atoms with Gasteiger partial charge >= 0.3 is 5.97 Å². The maximum atomic E-state index is 11.1. The molecule has 27 heavy (non-hydrogen) atoms. The Labute approximate surface area is 155 Å². The Morgan fingerprint density at radius 2 is 1.74 bits per heavy atom. The second-order valence-electron chi connectivity index (χ2n) is 6.01. The minimum absolute atomic E-state index is 0.0454. The van der Waals surface area contributed by atoms with Crippen molar-refractivity contribution in [3.63, 3.8) is 0 Å². The molecule has 0 unspecified atom stereocenters. The summed E-state index contributed by atoms with van der Waals surface area (Å²) in [5.41, 5.74) is 3.57. The van der Waals surface area contributed by atoms with Crippen LogP contribution in [0.1, 0.15) is 16.1 Å². The number of hydrogen-bond acceptors (Lipinski definition) is 5. The van der Waals surface area contributed by atoms with E-state index in [1.165, 1.54) is 12.5 Å². The van der Waals surface area contributed by atoms with Gasteiger partial charge in [-0.15, -0.1) is 0 Å². The van der Waals surface area contributed by atoms with E-state index < -0.39 is 5.97 Å². The van der Waals surface area contributed by atoms with Gasteiger partial charge in [-0.3, -0.25) is 9.55 Å². The average molecular weight is 357 g/mol. The summed E-state index contributed by atoms with van der Waals surface area (Å²) in [7, 11) is 0. The lowest BCUT2D eigenvalue weighted by Gasteiger charge is -2.09. The quantitative estimate of drug-likeness (QED) is 0.602. The first-order valence-corrected chi connectivity index (χ1v) is 8.24. The number of pyridine rings is 1. The van der Waals surface area contributed by atoms with Gasteiger partial charge in [0.2, 0.25) is 0 Å². The predicted molar refractivity (Wildman–Crippen MR) is 99.5 cm³/mol. The van der Waals surface area contributed by atoms with Crippen LogP contribution in [0.4, 0.5) is 0 Å². The van der Waals surface area contributed by atoms with Gasteiger partial charge in [-0.1, -0.05) is 29.8 Å². The zero-order chi connectivity index (χ0) is 18.8. The third kappa shape index (κ3) is 3.43. The zero-order valence-corrected chi connectivity index (χ0v) is 14.4.